The van der Waals surface area contributed by atoms with Crippen LogP contribution in [0, 0.1) is 5.92 Å². The van der Waals surface area contributed by atoms with Gasteiger partial charge in [-0.3, -0.25) is 0 Å². The maximum absolute atomic E-state index is 12.1. The molecule has 0 bridgehead atoms. The molecule has 0 heterocycles. The third-order valence-corrected chi connectivity index (χ3v) is 3.92. The van der Waals surface area contributed by atoms with Gasteiger partial charge in [0, 0.05) is 5.92 Å². The van der Waals surface area contributed by atoms with E-state index in [2.05, 4.69) is 0 Å². The van der Waals surface area contributed by atoms with Gasteiger partial charge in [0.2, 0.25) is 0 Å². The summed E-state index contributed by atoms with van der Waals surface area (Å²) in [5.74, 6) is -0.785. The summed E-state index contributed by atoms with van der Waals surface area (Å²) in [6.45, 7) is 0.216. The first-order valence-electron chi connectivity index (χ1n) is 7.89. The van der Waals surface area contributed by atoms with Crippen LogP contribution in [0.15, 0.2) is 72.8 Å². The fourth-order valence-corrected chi connectivity index (χ4v) is 2.58. The van der Waals surface area contributed by atoms with Crippen LogP contribution in [0.2, 0.25) is 0 Å². The molecule has 1 aliphatic carbocycles. The van der Waals surface area contributed by atoms with E-state index in [1.165, 1.54) is 0 Å². The Labute approximate surface area is 140 Å². The number of hydrogen-bond acceptors (Lipinski definition) is 4. The maximum Gasteiger partial charge on any atom is 0.338 e. The predicted molar refractivity (Wildman–Crippen MR) is 89.6 cm³/mol. The monoisotopic (exact) mass is 322 g/mol. The van der Waals surface area contributed by atoms with Crippen molar-refractivity contribution in [3.8, 4) is 0 Å². The zero-order chi connectivity index (χ0) is 16.8. The molecular weight excluding hydrogens is 304 g/mol. The summed E-state index contributed by atoms with van der Waals surface area (Å²) < 4.78 is 10.9. The first kappa shape index (κ1) is 16.0. The van der Waals surface area contributed by atoms with Gasteiger partial charge in [-0.25, -0.2) is 9.59 Å². The number of esters is 2. The van der Waals surface area contributed by atoms with E-state index in [-0.39, 0.29) is 30.6 Å². The molecule has 1 aliphatic rings. The third kappa shape index (κ3) is 3.90. The molecule has 0 aliphatic heterocycles. The van der Waals surface area contributed by atoms with Crippen molar-refractivity contribution < 1.29 is 19.1 Å². The van der Waals surface area contributed by atoms with Crippen LogP contribution in [0.3, 0.4) is 0 Å². The second kappa shape index (κ2) is 7.59. The van der Waals surface area contributed by atoms with Crippen molar-refractivity contribution in [1.82, 2.24) is 0 Å². The highest BCUT2D eigenvalue weighted by Crippen LogP contribution is 2.23. The number of allylic oxidation sites excluding steroid dienone is 1. The Kier molecular flexibility index (Phi) is 5.06. The molecule has 2 aromatic carbocycles. The van der Waals surface area contributed by atoms with Crippen molar-refractivity contribution in [1.29, 1.82) is 0 Å². The largest absolute Gasteiger partial charge is 0.462 e. The van der Waals surface area contributed by atoms with Crippen LogP contribution in [-0.4, -0.2) is 24.6 Å². The van der Waals surface area contributed by atoms with Crippen molar-refractivity contribution in [2.45, 2.75) is 12.5 Å². The Bertz CT molecular complexity index is 722. The SMILES string of the molecule is O=C(OC[C@H]1CC=C[C@H]1OC(=O)c1ccccc1)c1ccccc1. The number of benzene rings is 2. The van der Waals surface area contributed by atoms with Crippen LogP contribution in [0.1, 0.15) is 27.1 Å². The molecule has 0 fully saturated rings. The van der Waals surface area contributed by atoms with Gasteiger partial charge in [0.05, 0.1) is 17.7 Å². The summed E-state index contributed by atoms with van der Waals surface area (Å²) in [5.41, 5.74) is 1.03. The molecule has 0 N–H and O–H groups in total. The topological polar surface area (TPSA) is 52.6 Å². The first-order chi connectivity index (χ1) is 11.7. The van der Waals surface area contributed by atoms with Gasteiger partial charge in [-0.2, -0.15) is 0 Å². The van der Waals surface area contributed by atoms with Gasteiger partial charge in [0.25, 0.3) is 0 Å². The Morgan fingerprint density at radius 3 is 2.08 bits per heavy atom. The fraction of sp³-hybridized carbons (Fsp3) is 0.200. The predicted octanol–water partition coefficient (Wildman–Crippen LogP) is 3.65. The van der Waals surface area contributed by atoms with Crippen LogP contribution in [0.5, 0.6) is 0 Å². The fourth-order valence-electron chi connectivity index (χ4n) is 2.58. The Morgan fingerprint density at radius 1 is 0.875 bits per heavy atom. The molecule has 2 aromatic rings. The van der Waals surface area contributed by atoms with E-state index < -0.39 is 0 Å². The van der Waals surface area contributed by atoms with E-state index in [0.717, 1.165) is 6.42 Å². The molecule has 0 amide bonds. The second-order valence-electron chi connectivity index (χ2n) is 5.62. The highest BCUT2D eigenvalue weighted by Gasteiger charge is 2.28. The summed E-state index contributed by atoms with van der Waals surface area (Å²) in [4.78, 5) is 24.1. The Hall–Kier alpha value is -2.88. The molecule has 3 rings (SSSR count). The summed E-state index contributed by atoms with van der Waals surface area (Å²) in [7, 11) is 0. The number of carbonyl (C=O) groups excluding carboxylic acids is 2. The number of hydrogen-bond donors (Lipinski definition) is 0. The van der Waals surface area contributed by atoms with E-state index in [1.807, 2.05) is 24.3 Å². The molecule has 4 heteroatoms. The molecule has 0 saturated heterocycles. The molecule has 4 nitrogen and oxygen atoms in total. The van der Waals surface area contributed by atoms with Gasteiger partial charge in [0.15, 0.2) is 0 Å². The standard InChI is InChI=1S/C20H18O4/c21-19(15-8-3-1-4-9-15)23-14-17-12-7-13-18(17)24-20(22)16-10-5-2-6-11-16/h1-11,13,17-18H,12,14H2/t17-,18-/m1/s1. The number of ether oxygens (including phenoxy) is 2. The minimum absolute atomic E-state index is 0.0506. The van der Waals surface area contributed by atoms with Crippen molar-refractivity contribution in [3.63, 3.8) is 0 Å². The second-order valence-corrected chi connectivity index (χ2v) is 5.62. The molecule has 122 valence electrons. The van der Waals surface area contributed by atoms with Gasteiger partial charge in [-0.1, -0.05) is 42.5 Å². The normalized spacial score (nSPS) is 19.0. The lowest BCUT2D eigenvalue weighted by Gasteiger charge is -2.19. The zero-order valence-corrected chi connectivity index (χ0v) is 13.1. The zero-order valence-electron chi connectivity index (χ0n) is 13.1. The molecule has 24 heavy (non-hydrogen) atoms. The van der Waals surface area contributed by atoms with Crippen molar-refractivity contribution in [2.75, 3.05) is 6.61 Å². The van der Waals surface area contributed by atoms with Gasteiger partial charge < -0.3 is 9.47 Å². The highest BCUT2D eigenvalue weighted by atomic mass is 16.6. The molecule has 0 spiro atoms. The van der Waals surface area contributed by atoms with E-state index >= 15 is 0 Å². The molecule has 0 saturated carbocycles. The van der Waals surface area contributed by atoms with Gasteiger partial charge in [-0.05, 0) is 36.8 Å². The van der Waals surface area contributed by atoms with Crippen LogP contribution < -0.4 is 0 Å². The average molecular weight is 322 g/mol. The number of carbonyl (C=O) groups is 2. The smallest absolute Gasteiger partial charge is 0.338 e. The van der Waals surface area contributed by atoms with Gasteiger partial charge in [-0.15, -0.1) is 0 Å². The Balaban J connectivity index is 1.55. The minimum Gasteiger partial charge on any atom is -0.462 e. The maximum atomic E-state index is 12.1. The lowest BCUT2D eigenvalue weighted by atomic mass is 10.1. The summed E-state index contributed by atoms with van der Waals surface area (Å²) >= 11 is 0. The summed E-state index contributed by atoms with van der Waals surface area (Å²) in [5, 5.41) is 0. The minimum atomic E-state index is -0.374. The van der Waals surface area contributed by atoms with Gasteiger partial charge >= 0.3 is 11.9 Å². The van der Waals surface area contributed by atoms with E-state index in [9.17, 15) is 9.59 Å². The lowest BCUT2D eigenvalue weighted by Crippen LogP contribution is -2.26. The highest BCUT2D eigenvalue weighted by molar-refractivity contribution is 5.90. The van der Waals surface area contributed by atoms with E-state index in [1.54, 1.807) is 48.5 Å². The first-order valence-corrected chi connectivity index (χ1v) is 7.89. The van der Waals surface area contributed by atoms with E-state index in [0.29, 0.717) is 11.1 Å². The Morgan fingerprint density at radius 2 is 1.46 bits per heavy atom. The van der Waals surface area contributed by atoms with E-state index in [4.69, 9.17) is 9.47 Å². The molecule has 0 radical (unpaired) electrons. The quantitative estimate of drug-likeness (QED) is 0.623. The molecule has 0 aromatic heterocycles. The molecular formula is C20H18O4. The molecule has 2 atom stereocenters. The number of rotatable bonds is 5. The summed E-state index contributed by atoms with van der Waals surface area (Å²) in [6, 6.07) is 17.7. The van der Waals surface area contributed by atoms with Crippen LogP contribution in [-0.2, 0) is 9.47 Å². The van der Waals surface area contributed by atoms with Gasteiger partial charge in [0.1, 0.15) is 6.10 Å². The average Bonchev–Trinajstić information content (AvgIpc) is 3.08. The third-order valence-electron chi connectivity index (χ3n) is 3.92. The van der Waals surface area contributed by atoms with Crippen LogP contribution in [0.25, 0.3) is 0 Å². The van der Waals surface area contributed by atoms with Crippen LogP contribution >= 0.6 is 0 Å². The van der Waals surface area contributed by atoms with Crippen molar-refractivity contribution >= 4 is 11.9 Å². The summed E-state index contributed by atoms with van der Waals surface area (Å²) in [6.07, 6.45) is 4.14. The van der Waals surface area contributed by atoms with Crippen molar-refractivity contribution in [2.24, 2.45) is 5.92 Å². The molecule has 0 unspecified atom stereocenters. The van der Waals surface area contributed by atoms with Crippen molar-refractivity contribution in [3.05, 3.63) is 83.9 Å². The van der Waals surface area contributed by atoms with Crippen LogP contribution in [0.4, 0.5) is 0 Å². The lowest BCUT2D eigenvalue weighted by molar-refractivity contribution is 0.0131.